The quantitative estimate of drug-likeness (QED) is 0.769. The zero-order valence-corrected chi connectivity index (χ0v) is 12.2. The van der Waals surface area contributed by atoms with Gasteiger partial charge in [0.1, 0.15) is 0 Å². The van der Waals surface area contributed by atoms with Crippen LogP contribution in [0.1, 0.15) is 40.5 Å². The van der Waals surface area contributed by atoms with Crippen LogP contribution in [0.4, 0.5) is 0 Å². The van der Waals surface area contributed by atoms with Crippen LogP contribution < -0.4 is 5.73 Å². The van der Waals surface area contributed by atoms with Gasteiger partial charge in [-0.2, -0.15) is 0 Å². The minimum atomic E-state index is 0.343. The first kappa shape index (κ1) is 14.9. The summed E-state index contributed by atoms with van der Waals surface area (Å²) in [6.07, 6.45) is 2.44. The number of piperazine rings is 1. The molecule has 0 aliphatic carbocycles. The van der Waals surface area contributed by atoms with Crippen molar-refractivity contribution in [2.24, 2.45) is 11.7 Å². The average molecular weight is 241 g/mol. The van der Waals surface area contributed by atoms with E-state index in [2.05, 4.69) is 37.5 Å². The van der Waals surface area contributed by atoms with Crippen molar-refractivity contribution in [2.45, 2.75) is 52.6 Å². The van der Waals surface area contributed by atoms with E-state index >= 15 is 0 Å². The number of hydrogen-bond acceptors (Lipinski definition) is 3. The molecule has 3 heteroatoms. The summed E-state index contributed by atoms with van der Waals surface area (Å²) in [5.74, 6) is 0.641. The molecular weight excluding hydrogens is 210 g/mol. The molecule has 1 aliphatic heterocycles. The van der Waals surface area contributed by atoms with Gasteiger partial charge in [0.15, 0.2) is 0 Å². The fourth-order valence-electron chi connectivity index (χ4n) is 2.43. The summed E-state index contributed by atoms with van der Waals surface area (Å²) in [6.45, 7) is 15.0. The Bertz CT molecular complexity index is 200. The Balaban J connectivity index is 2.27. The molecule has 17 heavy (non-hydrogen) atoms. The van der Waals surface area contributed by atoms with Crippen LogP contribution in [-0.4, -0.2) is 54.6 Å². The van der Waals surface area contributed by atoms with Crippen LogP contribution >= 0.6 is 0 Å². The van der Waals surface area contributed by atoms with E-state index in [1.807, 2.05) is 0 Å². The molecule has 0 aromatic carbocycles. The molecule has 2 N–H and O–H groups in total. The first-order valence-corrected chi connectivity index (χ1v) is 7.30. The van der Waals surface area contributed by atoms with Crippen LogP contribution in [0.5, 0.6) is 0 Å². The van der Waals surface area contributed by atoms with Crippen LogP contribution in [0.25, 0.3) is 0 Å². The SMILES string of the molecule is CCC(C)N1CCN(C[C@@H](N)[C@@H](C)CC)CC1. The lowest BCUT2D eigenvalue weighted by molar-refractivity contribution is 0.0926. The molecule has 0 radical (unpaired) electrons. The summed E-state index contributed by atoms with van der Waals surface area (Å²) in [5, 5.41) is 0. The highest BCUT2D eigenvalue weighted by atomic mass is 15.3. The van der Waals surface area contributed by atoms with Gasteiger partial charge in [-0.05, 0) is 19.3 Å². The van der Waals surface area contributed by atoms with Gasteiger partial charge in [-0.15, -0.1) is 0 Å². The van der Waals surface area contributed by atoms with Crippen LogP contribution in [0.2, 0.25) is 0 Å². The number of nitrogens with two attached hydrogens (primary N) is 1. The van der Waals surface area contributed by atoms with Crippen molar-refractivity contribution in [3.8, 4) is 0 Å². The molecule has 3 atom stereocenters. The molecule has 1 heterocycles. The molecule has 1 unspecified atom stereocenters. The molecule has 1 rings (SSSR count). The first-order valence-electron chi connectivity index (χ1n) is 7.30. The van der Waals surface area contributed by atoms with E-state index in [1.54, 1.807) is 0 Å². The normalized spacial score (nSPS) is 24.5. The molecule has 102 valence electrons. The molecule has 0 aromatic rings. The van der Waals surface area contributed by atoms with Gasteiger partial charge in [0.05, 0.1) is 0 Å². The highest BCUT2D eigenvalue weighted by molar-refractivity contribution is 4.79. The van der Waals surface area contributed by atoms with Crippen LogP contribution in [0.15, 0.2) is 0 Å². The third-order valence-corrected chi connectivity index (χ3v) is 4.46. The third kappa shape index (κ3) is 4.57. The highest BCUT2D eigenvalue weighted by Gasteiger charge is 2.22. The van der Waals surface area contributed by atoms with Gasteiger partial charge < -0.3 is 5.73 Å². The van der Waals surface area contributed by atoms with Crippen LogP contribution in [0, 0.1) is 5.92 Å². The highest BCUT2D eigenvalue weighted by Crippen LogP contribution is 2.11. The topological polar surface area (TPSA) is 32.5 Å². The summed E-state index contributed by atoms with van der Waals surface area (Å²) >= 11 is 0. The molecular formula is C14H31N3. The van der Waals surface area contributed by atoms with Crippen molar-refractivity contribution in [2.75, 3.05) is 32.7 Å². The average Bonchev–Trinajstić information content (AvgIpc) is 2.37. The van der Waals surface area contributed by atoms with Crippen molar-refractivity contribution in [1.29, 1.82) is 0 Å². The van der Waals surface area contributed by atoms with Crippen molar-refractivity contribution in [3.63, 3.8) is 0 Å². The summed E-state index contributed by atoms with van der Waals surface area (Å²) < 4.78 is 0. The minimum absolute atomic E-state index is 0.343. The molecule has 3 nitrogen and oxygen atoms in total. The van der Waals surface area contributed by atoms with Gasteiger partial charge in [0, 0.05) is 44.8 Å². The molecule has 0 aromatic heterocycles. The smallest absolute Gasteiger partial charge is 0.0193 e. The molecule has 0 spiro atoms. The van der Waals surface area contributed by atoms with Gasteiger partial charge in [-0.25, -0.2) is 0 Å². The van der Waals surface area contributed by atoms with Gasteiger partial charge >= 0.3 is 0 Å². The standard InChI is InChI=1S/C14H31N3/c1-5-12(3)14(15)11-16-7-9-17(10-8-16)13(4)6-2/h12-14H,5-11,15H2,1-4H3/t12-,13?,14+/m0/s1. The lowest BCUT2D eigenvalue weighted by Crippen LogP contribution is -2.52. The Morgan fingerprint density at radius 2 is 1.59 bits per heavy atom. The molecule has 1 aliphatic rings. The van der Waals surface area contributed by atoms with E-state index in [0.29, 0.717) is 12.0 Å². The van der Waals surface area contributed by atoms with E-state index in [0.717, 1.165) is 12.6 Å². The summed E-state index contributed by atoms with van der Waals surface area (Å²) in [5.41, 5.74) is 6.22. The van der Waals surface area contributed by atoms with Crippen LogP contribution in [-0.2, 0) is 0 Å². The molecule has 0 bridgehead atoms. The van der Waals surface area contributed by atoms with Gasteiger partial charge in [-0.3, -0.25) is 9.80 Å². The largest absolute Gasteiger partial charge is 0.326 e. The van der Waals surface area contributed by atoms with E-state index in [9.17, 15) is 0 Å². The third-order valence-electron chi connectivity index (χ3n) is 4.46. The molecule has 0 saturated carbocycles. The van der Waals surface area contributed by atoms with E-state index in [-0.39, 0.29) is 0 Å². The van der Waals surface area contributed by atoms with Gasteiger partial charge in [-0.1, -0.05) is 27.2 Å². The molecule has 1 fully saturated rings. The van der Waals surface area contributed by atoms with Crippen molar-refractivity contribution in [1.82, 2.24) is 9.80 Å². The van der Waals surface area contributed by atoms with Gasteiger partial charge in [0.25, 0.3) is 0 Å². The Kier molecular flexibility index (Phi) is 6.45. The summed E-state index contributed by atoms with van der Waals surface area (Å²) in [7, 11) is 0. The van der Waals surface area contributed by atoms with Crippen molar-refractivity contribution in [3.05, 3.63) is 0 Å². The predicted octanol–water partition coefficient (Wildman–Crippen LogP) is 1.78. The first-order chi connectivity index (χ1) is 8.08. The fourth-order valence-corrected chi connectivity index (χ4v) is 2.43. The Morgan fingerprint density at radius 3 is 2.06 bits per heavy atom. The zero-order chi connectivity index (χ0) is 12.8. The van der Waals surface area contributed by atoms with Gasteiger partial charge in [0.2, 0.25) is 0 Å². The maximum atomic E-state index is 6.22. The van der Waals surface area contributed by atoms with Crippen molar-refractivity contribution >= 4 is 0 Å². The number of hydrogen-bond donors (Lipinski definition) is 1. The number of nitrogens with zero attached hydrogens (tertiary/aromatic N) is 2. The zero-order valence-electron chi connectivity index (χ0n) is 12.2. The van der Waals surface area contributed by atoms with Crippen LogP contribution in [0.3, 0.4) is 0 Å². The minimum Gasteiger partial charge on any atom is -0.326 e. The van der Waals surface area contributed by atoms with E-state index in [1.165, 1.54) is 39.0 Å². The Morgan fingerprint density at radius 1 is 1.00 bits per heavy atom. The predicted molar refractivity (Wildman–Crippen MR) is 75.2 cm³/mol. The maximum Gasteiger partial charge on any atom is 0.0193 e. The number of rotatable bonds is 6. The van der Waals surface area contributed by atoms with Crippen molar-refractivity contribution < 1.29 is 0 Å². The summed E-state index contributed by atoms with van der Waals surface area (Å²) in [4.78, 5) is 5.14. The monoisotopic (exact) mass is 241 g/mol. The fraction of sp³-hybridized carbons (Fsp3) is 1.00. The second-order valence-corrected chi connectivity index (χ2v) is 5.64. The van der Waals surface area contributed by atoms with E-state index in [4.69, 9.17) is 5.73 Å². The second-order valence-electron chi connectivity index (χ2n) is 5.64. The Hall–Kier alpha value is -0.120. The lowest BCUT2D eigenvalue weighted by atomic mass is 9.99. The maximum absolute atomic E-state index is 6.22. The summed E-state index contributed by atoms with van der Waals surface area (Å²) in [6, 6.07) is 1.08. The molecule has 0 amide bonds. The Labute approximate surface area is 107 Å². The van der Waals surface area contributed by atoms with E-state index < -0.39 is 0 Å². The molecule has 1 saturated heterocycles. The second kappa shape index (κ2) is 7.34. The lowest BCUT2D eigenvalue weighted by Gasteiger charge is -2.39.